The number of carbonyl (C=O) groups is 2. The summed E-state index contributed by atoms with van der Waals surface area (Å²) in [5.74, 6) is -2.51. The number of nitrogens with one attached hydrogen (secondary N) is 1. The summed E-state index contributed by atoms with van der Waals surface area (Å²) in [5, 5.41) is 22.1. The second-order valence-corrected chi connectivity index (χ2v) is 9.84. The van der Waals surface area contributed by atoms with Gasteiger partial charge in [-0.15, -0.1) is 0 Å². The van der Waals surface area contributed by atoms with Crippen LogP contribution in [0.15, 0.2) is 107 Å². The van der Waals surface area contributed by atoms with Gasteiger partial charge in [0.1, 0.15) is 0 Å². The van der Waals surface area contributed by atoms with Gasteiger partial charge in [0, 0.05) is 53.8 Å². The zero-order chi connectivity index (χ0) is 26.5. The van der Waals surface area contributed by atoms with Crippen molar-refractivity contribution in [3.63, 3.8) is 0 Å². The molecule has 4 aliphatic rings. The van der Waals surface area contributed by atoms with E-state index in [0.717, 1.165) is 50.7 Å². The Bertz CT molecular complexity index is 1460. The van der Waals surface area contributed by atoms with Crippen LogP contribution in [0.5, 0.6) is 0 Å². The molecule has 38 heavy (non-hydrogen) atoms. The van der Waals surface area contributed by atoms with Gasteiger partial charge in [0.2, 0.25) is 0 Å². The van der Waals surface area contributed by atoms with E-state index in [2.05, 4.69) is 83.0 Å². The van der Waals surface area contributed by atoms with Gasteiger partial charge < -0.3 is 20.4 Å². The molecule has 0 saturated carbocycles. The smallest absolute Gasteiger partial charge is 0.328 e. The molecule has 7 nitrogen and oxygen atoms in total. The van der Waals surface area contributed by atoms with Crippen LogP contribution in [0, 0.1) is 0 Å². The lowest BCUT2D eigenvalue weighted by Crippen LogP contribution is -2.57. The van der Waals surface area contributed by atoms with Crippen LogP contribution in [0.4, 0.5) is 0 Å². The maximum absolute atomic E-state index is 9.55. The number of para-hydroxylation sites is 1. The minimum Gasteiger partial charge on any atom is -0.478 e. The molecule has 1 spiro atoms. The first kappa shape index (κ1) is 25.4. The van der Waals surface area contributed by atoms with E-state index in [1.807, 2.05) is 0 Å². The lowest BCUT2D eigenvalue weighted by Gasteiger charge is -2.48. The molecule has 1 saturated heterocycles. The van der Waals surface area contributed by atoms with E-state index in [0.29, 0.717) is 12.2 Å². The molecule has 0 radical (unpaired) electrons. The molecule has 1 aliphatic carbocycles. The maximum Gasteiger partial charge on any atom is 0.328 e. The Kier molecular flexibility index (Phi) is 7.38. The summed E-state index contributed by atoms with van der Waals surface area (Å²) in [7, 11) is 0. The van der Waals surface area contributed by atoms with Crippen molar-refractivity contribution in [3.8, 4) is 0 Å². The van der Waals surface area contributed by atoms with Crippen molar-refractivity contribution in [2.45, 2.75) is 31.2 Å². The Hall–Kier alpha value is -4.23. The number of piperidine rings is 1. The molecule has 1 fully saturated rings. The van der Waals surface area contributed by atoms with E-state index >= 15 is 0 Å². The van der Waals surface area contributed by atoms with Crippen molar-refractivity contribution in [1.82, 2.24) is 10.2 Å². The highest BCUT2D eigenvalue weighted by atomic mass is 16.4. The fraction of sp³-hybridized carbons (Fsp3) is 0.258. The van der Waals surface area contributed by atoms with Gasteiger partial charge in [-0.1, -0.05) is 60.7 Å². The van der Waals surface area contributed by atoms with Crippen LogP contribution in [0.1, 0.15) is 24.8 Å². The average Bonchev–Trinajstić information content (AvgIpc) is 3.34. The number of benzene rings is 2. The van der Waals surface area contributed by atoms with Crippen LogP contribution in [0.3, 0.4) is 0 Å². The van der Waals surface area contributed by atoms with Gasteiger partial charge in [-0.05, 0) is 43.4 Å². The molecule has 0 unspecified atom stereocenters. The monoisotopic (exact) mass is 509 g/mol. The number of fused-ring (bicyclic) bond motifs is 4. The molecular formula is C31H31N3O4. The normalized spacial score (nSPS) is 18.9. The number of carboxylic acids is 2. The molecule has 194 valence electrons. The summed E-state index contributed by atoms with van der Waals surface area (Å²) in [6.45, 7) is 3.38. The van der Waals surface area contributed by atoms with E-state index in [9.17, 15) is 9.59 Å². The maximum atomic E-state index is 9.55. The molecule has 3 aliphatic heterocycles. The number of carboxylic acid groups (broad SMARTS) is 2. The highest BCUT2D eigenvalue weighted by molar-refractivity contribution is 5.89. The quantitative estimate of drug-likeness (QED) is 0.536. The number of likely N-dealkylation sites (tertiary alicyclic amines) is 1. The van der Waals surface area contributed by atoms with Gasteiger partial charge in [-0.3, -0.25) is 0 Å². The number of aliphatic carboxylic acids is 2. The van der Waals surface area contributed by atoms with Crippen molar-refractivity contribution in [2.75, 3.05) is 19.6 Å². The number of allylic oxidation sites excluding steroid dienone is 4. The van der Waals surface area contributed by atoms with E-state index < -0.39 is 11.9 Å². The van der Waals surface area contributed by atoms with Gasteiger partial charge in [-0.2, -0.15) is 0 Å². The standard InChI is InChI=1S/C27H27N3.C4H4O4/c1-2-8-20(9-3-1)14-17-30-18-15-27(16-19-30)25-21-10-4-6-12-23(21)28-26(25)22-11-5-7-13-24(22)29-27;5-3(6)1-2-4(7)8/h1-10,12-13,29H,11,14-19H2;1-2H,(H,5,6)(H,7,8)/b;2-1+. The minimum absolute atomic E-state index is 0.00476. The molecule has 2 aromatic rings. The molecule has 6 rings (SSSR count). The van der Waals surface area contributed by atoms with Crippen molar-refractivity contribution in [3.05, 3.63) is 118 Å². The summed E-state index contributed by atoms with van der Waals surface area (Å²) < 4.78 is 0. The summed E-state index contributed by atoms with van der Waals surface area (Å²) in [6, 6.07) is 19.5. The molecule has 0 amide bonds. The SMILES string of the molecule is C1=CCC2=C3N=c4ccccc4=C3C3(CCN(CCc4ccccc4)CC3)NC2=C1.O=C(O)/C=C/C(=O)O. The average molecular weight is 510 g/mol. The molecule has 0 bridgehead atoms. The van der Waals surface area contributed by atoms with Crippen molar-refractivity contribution >= 4 is 17.5 Å². The van der Waals surface area contributed by atoms with Gasteiger partial charge in [0.15, 0.2) is 0 Å². The third-order valence-electron chi connectivity index (χ3n) is 7.46. The lowest BCUT2D eigenvalue weighted by atomic mass is 9.73. The van der Waals surface area contributed by atoms with Gasteiger partial charge in [-0.25, -0.2) is 14.6 Å². The second kappa shape index (κ2) is 11.0. The van der Waals surface area contributed by atoms with E-state index in [1.54, 1.807) is 0 Å². The molecular weight excluding hydrogens is 478 g/mol. The number of nitrogens with zero attached hydrogens (tertiary/aromatic N) is 2. The van der Waals surface area contributed by atoms with Crippen molar-refractivity contribution < 1.29 is 19.8 Å². The first-order chi connectivity index (χ1) is 18.4. The summed E-state index contributed by atoms with van der Waals surface area (Å²) in [5.41, 5.74) is 6.76. The molecule has 7 heteroatoms. The minimum atomic E-state index is -1.26. The third-order valence-corrected chi connectivity index (χ3v) is 7.46. The van der Waals surface area contributed by atoms with E-state index in [1.165, 1.54) is 33.3 Å². The predicted octanol–water partition coefficient (Wildman–Crippen LogP) is 2.96. The first-order valence-electron chi connectivity index (χ1n) is 12.9. The molecule has 3 N–H and O–H groups in total. The Morgan fingerprint density at radius 1 is 0.974 bits per heavy atom. The summed E-state index contributed by atoms with van der Waals surface area (Å²) in [4.78, 5) is 26.9. The van der Waals surface area contributed by atoms with Gasteiger partial charge >= 0.3 is 11.9 Å². The summed E-state index contributed by atoms with van der Waals surface area (Å²) >= 11 is 0. The molecule has 0 atom stereocenters. The number of rotatable bonds is 5. The van der Waals surface area contributed by atoms with Crippen LogP contribution in [0.25, 0.3) is 5.57 Å². The lowest BCUT2D eigenvalue weighted by molar-refractivity contribution is -0.134. The predicted molar refractivity (Wildman–Crippen MR) is 146 cm³/mol. The Labute approximate surface area is 221 Å². The fourth-order valence-electron chi connectivity index (χ4n) is 5.62. The molecule has 2 aromatic carbocycles. The number of hydrogen-bond acceptors (Lipinski definition) is 5. The highest BCUT2D eigenvalue weighted by Crippen LogP contribution is 2.44. The van der Waals surface area contributed by atoms with Gasteiger partial charge in [0.25, 0.3) is 0 Å². The fourth-order valence-corrected chi connectivity index (χ4v) is 5.62. The topological polar surface area (TPSA) is 102 Å². The van der Waals surface area contributed by atoms with Crippen molar-refractivity contribution in [2.24, 2.45) is 4.99 Å². The van der Waals surface area contributed by atoms with Crippen LogP contribution >= 0.6 is 0 Å². The Morgan fingerprint density at radius 3 is 2.37 bits per heavy atom. The zero-order valence-electron chi connectivity index (χ0n) is 21.1. The van der Waals surface area contributed by atoms with Crippen LogP contribution in [-0.2, 0) is 16.0 Å². The molecule has 3 heterocycles. The van der Waals surface area contributed by atoms with Crippen LogP contribution in [-0.4, -0.2) is 52.2 Å². The number of hydrogen-bond donors (Lipinski definition) is 3. The van der Waals surface area contributed by atoms with E-state index in [4.69, 9.17) is 15.2 Å². The molecule has 0 aromatic heterocycles. The van der Waals surface area contributed by atoms with E-state index in [-0.39, 0.29) is 5.54 Å². The first-order valence-corrected chi connectivity index (χ1v) is 12.9. The Morgan fingerprint density at radius 2 is 1.66 bits per heavy atom. The highest BCUT2D eigenvalue weighted by Gasteiger charge is 2.45. The van der Waals surface area contributed by atoms with Crippen LogP contribution < -0.4 is 15.9 Å². The zero-order valence-corrected chi connectivity index (χ0v) is 21.1. The largest absolute Gasteiger partial charge is 0.478 e. The second-order valence-electron chi connectivity index (χ2n) is 9.84. The van der Waals surface area contributed by atoms with Crippen LogP contribution in [0.2, 0.25) is 0 Å². The van der Waals surface area contributed by atoms with Crippen molar-refractivity contribution in [1.29, 1.82) is 0 Å². The third kappa shape index (κ3) is 5.38. The summed E-state index contributed by atoms with van der Waals surface area (Å²) in [6.07, 6.45) is 12.1. The Balaban J connectivity index is 0.000000323. The van der Waals surface area contributed by atoms with Gasteiger partial charge in [0.05, 0.1) is 16.6 Å².